The molecule has 0 heterocycles. The monoisotopic (exact) mass is 222 g/mol. The molecule has 0 amide bonds. The first-order valence-electron chi connectivity index (χ1n) is 5.06. The first-order chi connectivity index (χ1) is 7.74. The molecule has 16 heavy (non-hydrogen) atoms. The average molecular weight is 222 g/mol. The molecule has 4 nitrogen and oxygen atoms in total. The van der Waals surface area contributed by atoms with Gasteiger partial charge in [0.15, 0.2) is 6.10 Å². The van der Waals surface area contributed by atoms with Crippen LogP contribution in [-0.2, 0) is 20.9 Å². The number of aldehydes is 1. The number of ether oxygens (including phenoxy) is 1. The van der Waals surface area contributed by atoms with Crippen molar-refractivity contribution in [1.82, 2.24) is 0 Å². The van der Waals surface area contributed by atoms with Crippen LogP contribution in [0.5, 0.6) is 0 Å². The predicted octanol–water partition coefficient (Wildman–Crippen LogP) is 1.64. The van der Waals surface area contributed by atoms with Gasteiger partial charge in [0.05, 0.1) is 6.61 Å². The standard InChI is InChI=1S/C12H14O4/c13-8-4-7-11(12(14)15)16-9-10-5-2-1-3-6-10/h1-3,5-6,8,11H,4,7,9H2,(H,14,15). The average Bonchev–Trinajstić information content (AvgIpc) is 2.30. The molecule has 0 aliphatic rings. The predicted molar refractivity (Wildman–Crippen MR) is 58.0 cm³/mol. The quantitative estimate of drug-likeness (QED) is 0.712. The Balaban J connectivity index is 2.43. The van der Waals surface area contributed by atoms with Crippen molar-refractivity contribution < 1.29 is 19.4 Å². The molecule has 1 aromatic carbocycles. The minimum absolute atomic E-state index is 0.200. The van der Waals surface area contributed by atoms with E-state index in [0.717, 1.165) is 5.56 Å². The molecular weight excluding hydrogens is 208 g/mol. The molecule has 0 radical (unpaired) electrons. The summed E-state index contributed by atoms with van der Waals surface area (Å²) in [6, 6.07) is 9.32. The van der Waals surface area contributed by atoms with E-state index in [0.29, 0.717) is 6.29 Å². The Hall–Kier alpha value is -1.68. The molecule has 0 spiro atoms. The number of carboxylic acids is 1. The van der Waals surface area contributed by atoms with Gasteiger partial charge in [-0.25, -0.2) is 4.79 Å². The van der Waals surface area contributed by atoms with Gasteiger partial charge >= 0.3 is 5.97 Å². The Labute approximate surface area is 93.9 Å². The highest BCUT2D eigenvalue weighted by atomic mass is 16.5. The first kappa shape index (κ1) is 12.4. The van der Waals surface area contributed by atoms with Crippen molar-refractivity contribution in [2.75, 3.05) is 0 Å². The molecule has 1 N–H and O–H groups in total. The van der Waals surface area contributed by atoms with Crippen LogP contribution in [0.1, 0.15) is 18.4 Å². The SMILES string of the molecule is O=CCCC(OCc1ccccc1)C(=O)O. The minimum Gasteiger partial charge on any atom is -0.479 e. The van der Waals surface area contributed by atoms with Crippen LogP contribution in [0.2, 0.25) is 0 Å². The van der Waals surface area contributed by atoms with Crippen molar-refractivity contribution in [3.05, 3.63) is 35.9 Å². The Morgan fingerprint density at radius 2 is 2.06 bits per heavy atom. The lowest BCUT2D eigenvalue weighted by atomic mass is 10.2. The van der Waals surface area contributed by atoms with Crippen molar-refractivity contribution in [3.8, 4) is 0 Å². The Bertz CT molecular complexity index is 334. The number of rotatable bonds is 7. The van der Waals surface area contributed by atoms with Crippen LogP contribution in [0.4, 0.5) is 0 Å². The van der Waals surface area contributed by atoms with Crippen LogP contribution in [0.25, 0.3) is 0 Å². The Morgan fingerprint density at radius 3 is 2.62 bits per heavy atom. The van der Waals surface area contributed by atoms with Gasteiger partial charge in [0.25, 0.3) is 0 Å². The zero-order valence-corrected chi connectivity index (χ0v) is 8.83. The molecule has 4 heteroatoms. The molecule has 1 aromatic rings. The number of carbonyl (C=O) groups excluding carboxylic acids is 1. The van der Waals surface area contributed by atoms with Crippen LogP contribution in [0.15, 0.2) is 30.3 Å². The number of benzene rings is 1. The summed E-state index contributed by atoms with van der Waals surface area (Å²) in [6.45, 7) is 0.247. The maximum absolute atomic E-state index is 10.8. The van der Waals surface area contributed by atoms with Crippen LogP contribution in [-0.4, -0.2) is 23.5 Å². The van der Waals surface area contributed by atoms with Gasteiger partial charge in [-0.2, -0.15) is 0 Å². The van der Waals surface area contributed by atoms with Crippen LogP contribution in [0, 0.1) is 0 Å². The molecule has 0 bridgehead atoms. The zero-order chi connectivity index (χ0) is 11.8. The molecule has 0 fully saturated rings. The molecule has 86 valence electrons. The summed E-state index contributed by atoms with van der Waals surface area (Å²) in [7, 11) is 0. The fourth-order valence-corrected chi connectivity index (χ4v) is 1.27. The highest BCUT2D eigenvalue weighted by Gasteiger charge is 2.17. The summed E-state index contributed by atoms with van der Waals surface area (Å²) < 4.78 is 5.23. The van der Waals surface area contributed by atoms with Gasteiger partial charge in [-0.3, -0.25) is 0 Å². The van der Waals surface area contributed by atoms with E-state index >= 15 is 0 Å². The fourth-order valence-electron chi connectivity index (χ4n) is 1.27. The molecule has 0 saturated carbocycles. The molecular formula is C12H14O4. The Kier molecular flexibility index (Phi) is 5.22. The number of hydrogen-bond acceptors (Lipinski definition) is 3. The van der Waals surface area contributed by atoms with Crippen molar-refractivity contribution in [2.45, 2.75) is 25.6 Å². The summed E-state index contributed by atoms with van der Waals surface area (Å²) in [5.74, 6) is -1.03. The smallest absolute Gasteiger partial charge is 0.332 e. The van der Waals surface area contributed by atoms with Crippen LogP contribution in [0.3, 0.4) is 0 Å². The summed E-state index contributed by atoms with van der Waals surface area (Å²) in [5.41, 5.74) is 0.917. The highest BCUT2D eigenvalue weighted by molar-refractivity contribution is 5.72. The molecule has 1 rings (SSSR count). The second-order valence-electron chi connectivity index (χ2n) is 3.37. The molecule has 0 aliphatic carbocycles. The van der Waals surface area contributed by atoms with E-state index in [-0.39, 0.29) is 19.4 Å². The molecule has 0 aromatic heterocycles. The van der Waals surface area contributed by atoms with E-state index < -0.39 is 12.1 Å². The number of aliphatic carboxylic acids is 1. The fraction of sp³-hybridized carbons (Fsp3) is 0.333. The lowest BCUT2D eigenvalue weighted by molar-refractivity contribution is -0.151. The maximum atomic E-state index is 10.8. The van der Waals surface area contributed by atoms with E-state index in [4.69, 9.17) is 9.84 Å². The molecule has 0 saturated heterocycles. The van der Waals surface area contributed by atoms with Crippen molar-refractivity contribution in [1.29, 1.82) is 0 Å². The van der Waals surface area contributed by atoms with Gasteiger partial charge in [0.2, 0.25) is 0 Å². The largest absolute Gasteiger partial charge is 0.479 e. The topological polar surface area (TPSA) is 63.6 Å². The minimum atomic E-state index is -1.03. The van der Waals surface area contributed by atoms with Gasteiger partial charge in [0.1, 0.15) is 6.29 Å². The third-order valence-corrected chi connectivity index (χ3v) is 2.12. The Morgan fingerprint density at radius 1 is 1.38 bits per heavy atom. The summed E-state index contributed by atoms with van der Waals surface area (Å²) >= 11 is 0. The zero-order valence-electron chi connectivity index (χ0n) is 8.83. The van der Waals surface area contributed by atoms with Gasteiger partial charge in [-0.15, -0.1) is 0 Å². The lowest BCUT2D eigenvalue weighted by Crippen LogP contribution is -2.23. The molecule has 1 atom stereocenters. The van der Waals surface area contributed by atoms with Crippen molar-refractivity contribution in [3.63, 3.8) is 0 Å². The number of carboxylic acid groups (broad SMARTS) is 1. The van der Waals surface area contributed by atoms with Crippen LogP contribution < -0.4 is 0 Å². The summed E-state index contributed by atoms with van der Waals surface area (Å²) in [6.07, 6.45) is 0.199. The van der Waals surface area contributed by atoms with Crippen LogP contribution >= 0.6 is 0 Å². The van der Waals surface area contributed by atoms with Gasteiger partial charge < -0.3 is 14.6 Å². The highest BCUT2D eigenvalue weighted by Crippen LogP contribution is 2.07. The third-order valence-electron chi connectivity index (χ3n) is 2.12. The van der Waals surface area contributed by atoms with E-state index in [1.54, 1.807) is 0 Å². The summed E-state index contributed by atoms with van der Waals surface area (Å²) in [5, 5.41) is 8.84. The van der Waals surface area contributed by atoms with Gasteiger partial charge in [-0.1, -0.05) is 30.3 Å². The van der Waals surface area contributed by atoms with Crippen molar-refractivity contribution >= 4 is 12.3 Å². The van der Waals surface area contributed by atoms with E-state index in [9.17, 15) is 9.59 Å². The lowest BCUT2D eigenvalue weighted by Gasteiger charge is -2.12. The maximum Gasteiger partial charge on any atom is 0.332 e. The van der Waals surface area contributed by atoms with E-state index in [1.165, 1.54) is 0 Å². The molecule has 1 unspecified atom stereocenters. The molecule has 0 aliphatic heterocycles. The first-order valence-corrected chi connectivity index (χ1v) is 5.06. The third kappa shape index (κ3) is 4.23. The van der Waals surface area contributed by atoms with E-state index in [1.807, 2.05) is 30.3 Å². The van der Waals surface area contributed by atoms with Crippen molar-refractivity contribution in [2.24, 2.45) is 0 Å². The van der Waals surface area contributed by atoms with Gasteiger partial charge in [0, 0.05) is 6.42 Å². The second-order valence-corrected chi connectivity index (χ2v) is 3.37. The van der Waals surface area contributed by atoms with Gasteiger partial charge in [-0.05, 0) is 12.0 Å². The van der Waals surface area contributed by atoms with E-state index in [2.05, 4.69) is 0 Å². The second kappa shape index (κ2) is 6.74. The number of carbonyl (C=O) groups is 2. The number of hydrogen-bond donors (Lipinski definition) is 1. The summed E-state index contributed by atoms with van der Waals surface area (Å²) in [4.78, 5) is 20.9. The normalized spacial score (nSPS) is 12.0.